The van der Waals surface area contributed by atoms with E-state index in [1.807, 2.05) is 13.0 Å². The molecule has 1 atom stereocenters. The molecule has 4 nitrogen and oxygen atoms in total. The summed E-state index contributed by atoms with van der Waals surface area (Å²) in [5.41, 5.74) is 11.1. The molecule has 1 aromatic carbocycles. The Morgan fingerprint density at radius 2 is 2.18 bits per heavy atom. The molecule has 150 valence electrons. The molecule has 28 heavy (non-hydrogen) atoms. The summed E-state index contributed by atoms with van der Waals surface area (Å²) in [7, 11) is 1.72. The second kappa shape index (κ2) is 9.98. The van der Waals surface area contributed by atoms with Gasteiger partial charge in [0, 0.05) is 6.42 Å². The number of nitrogens with two attached hydrogens (primary N) is 1. The van der Waals surface area contributed by atoms with Gasteiger partial charge in [0.05, 0.1) is 24.1 Å². The second-order valence-corrected chi connectivity index (χ2v) is 7.18. The number of rotatable bonds is 7. The van der Waals surface area contributed by atoms with Gasteiger partial charge in [-0.25, -0.2) is 0 Å². The highest BCUT2D eigenvalue weighted by Gasteiger charge is 2.23. The first kappa shape index (κ1) is 21.5. The van der Waals surface area contributed by atoms with Gasteiger partial charge in [0.1, 0.15) is 0 Å². The van der Waals surface area contributed by atoms with Gasteiger partial charge < -0.3 is 15.8 Å². The molecule has 1 aliphatic rings. The molecule has 0 aromatic heterocycles. The van der Waals surface area contributed by atoms with E-state index in [-0.39, 0.29) is 5.92 Å². The Hall–Kier alpha value is -2.75. The number of amides is 1. The number of anilines is 1. The topological polar surface area (TPSA) is 64.3 Å². The zero-order valence-electron chi connectivity index (χ0n) is 17.5. The molecule has 0 heterocycles. The monoisotopic (exact) mass is 380 g/mol. The average molecular weight is 381 g/mol. The molecule has 4 heteroatoms. The summed E-state index contributed by atoms with van der Waals surface area (Å²) in [5.74, 6) is 0.781. The van der Waals surface area contributed by atoms with Gasteiger partial charge in [0.2, 0.25) is 0 Å². The number of methoxy groups -OCH3 is 1. The van der Waals surface area contributed by atoms with E-state index in [4.69, 9.17) is 10.5 Å². The van der Waals surface area contributed by atoms with E-state index in [2.05, 4.69) is 50.0 Å². The molecular formula is C24H32N2O2. The molecule has 1 aliphatic carbocycles. The van der Waals surface area contributed by atoms with Gasteiger partial charge >= 0.3 is 0 Å². The van der Waals surface area contributed by atoms with Gasteiger partial charge in [-0.1, -0.05) is 44.7 Å². The molecular weight excluding hydrogens is 348 g/mol. The fraction of sp³-hybridized carbons (Fsp3) is 0.375. The Kier molecular flexibility index (Phi) is 7.68. The Labute approximate surface area is 168 Å². The van der Waals surface area contributed by atoms with Crippen molar-refractivity contribution in [2.45, 2.75) is 52.4 Å². The van der Waals surface area contributed by atoms with Crippen molar-refractivity contribution in [1.29, 1.82) is 0 Å². The van der Waals surface area contributed by atoms with Crippen LogP contribution in [0.3, 0.4) is 0 Å². The lowest BCUT2D eigenvalue weighted by molar-refractivity contribution is 0.100. The molecule has 0 saturated heterocycles. The van der Waals surface area contributed by atoms with Crippen LogP contribution >= 0.6 is 0 Å². The van der Waals surface area contributed by atoms with Crippen LogP contribution in [0.4, 0.5) is 5.69 Å². The first-order valence-corrected chi connectivity index (χ1v) is 9.91. The SMILES string of the molecule is C=CNc1c(C(N)=O)c(C)cc(C2=C/C=C(/OC)CCCC=C2)c1C(C)CC. The minimum Gasteiger partial charge on any atom is -0.501 e. The van der Waals surface area contributed by atoms with E-state index < -0.39 is 5.91 Å². The highest BCUT2D eigenvalue weighted by Crippen LogP contribution is 2.39. The maximum Gasteiger partial charge on any atom is 0.251 e. The fourth-order valence-corrected chi connectivity index (χ4v) is 3.63. The zero-order valence-corrected chi connectivity index (χ0v) is 17.5. The number of primary amides is 1. The van der Waals surface area contributed by atoms with Crippen LogP contribution in [-0.2, 0) is 4.74 Å². The van der Waals surface area contributed by atoms with E-state index >= 15 is 0 Å². The number of aryl methyl sites for hydroxylation is 1. The largest absolute Gasteiger partial charge is 0.501 e. The van der Waals surface area contributed by atoms with E-state index in [1.165, 1.54) is 0 Å². The lowest BCUT2D eigenvalue weighted by atomic mass is 9.84. The van der Waals surface area contributed by atoms with E-state index in [0.29, 0.717) is 5.56 Å². The van der Waals surface area contributed by atoms with E-state index in [0.717, 1.165) is 59.4 Å². The van der Waals surface area contributed by atoms with Crippen molar-refractivity contribution in [1.82, 2.24) is 0 Å². The molecule has 0 spiro atoms. The third-order valence-electron chi connectivity index (χ3n) is 5.28. The van der Waals surface area contributed by atoms with Crippen molar-refractivity contribution in [3.63, 3.8) is 0 Å². The van der Waals surface area contributed by atoms with Crippen molar-refractivity contribution in [3.8, 4) is 0 Å². The lowest BCUT2D eigenvalue weighted by Crippen LogP contribution is -2.18. The van der Waals surface area contributed by atoms with Crippen molar-refractivity contribution in [2.24, 2.45) is 5.73 Å². The van der Waals surface area contributed by atoms with Crippen molar-refractivity contribution < 1.29 is 9.53 Å². The van der Waals surface area contributed by atoms with Crippen molar-refractivity contribution in [2.75, 3.05) is 12.4 Å². The molecule has 0 aliphatic heterocycles. The first-order chi connectivity index (χ1) is 13.4. The summed E-state index contributed by atoms with van der Waals surface area (Å²) in [4.78, 5) is 12.2. The lowest BCUT2D eigenvalue weighted by Gasteiger charge is -2.24. The average Bonchev–Trinajstić information content (AvgIpc) is 2.78. The summed E-state index contributed by atoms with van der Waals surface area (Å²) in [6, 6.07) is 2.07. The van der Waals surface area contributed by atoms with Crippen molar-refractivity contribution >= 4 is 17.2 Å². The summed E-state index contributed by atoms with van der Waals surface area (Å²) in [6.07, 6.45) is 14.0. The Bertz CT molecular complexity index is 831. The standard InChI is InChI=1S/C24H32N2O2/c1-6-16(3)21-20(15-17(4)22(24(25)27)23(21)26-7-2)18-11-9-8-10-12-19(28-5)14-13-18/h7,9,11,13-16,26H,2,6,8,10,12H2,1,3-5H3,(H2,25,27)/b11-9?,18-13?,19-14+. The molecule has 2 rings (SSSR count). The number of allylic oxidation sites excluding steroid dienone is 6. The van der Waals surface area contributed by atoms with Gasteiger partial charge in [0.25, 0.3) is 5.91 Å². The number of nitrogens with one attached hydrogen (secondary N) is 1. The number of ether oxygens (including phenoxy) is 1. The quantitative estimate of drug-likeness (QED) is 0.627. The molecule has 0 radical (unpaired) electrons. The fourth-order valence-electron chi connectivity index (χ4n) is 3.63. The van der Waals surface area contributed by atoms with Crippen LogP contribution in [0.25, 0.3) is 5.57 Å². The molecule has 0 bridgehead atoms. The molecule has 1 aromatic rings. The maximum atomic E-state index is 12.2. The summed E-state index contributed by atoms with van der Waals surface area (Å²) in [5, 5.41) is 3.19. The zero-order chi connectivity index (χ0) is 20.7. The third kappa shape index (κ3) is 4.75. The Balaban J connectivity index is 2.82. The van der Waals surface area contributed by atoms with Crippen LogP contribution in [0.1, 0.15) is 72.5 Å². The van der Waals surface area contributed by atoms with Crippen LogP contribution in [0.2, 0.25) is 0 Å². The predicted molar refractivity (Wildman–Crippen MR) is 118 cm³/mol. The van der Waals surface area contributed by atoms with E-state index in [1.54, 1.807) is 13.3 Å². The van der Waals surface area contributed by atoms with Gasteiger partial charge in [-0.2, -0.15) is 0 Å². The first-order valence-electron chi connectivity index (χ1n) is 9.91. The normalized spacial score (nSPS) is 17.3. The number of benzene rings is 1. The van der Waals surface area contributed by atoms with Crippen molar-refractivity contribution in [3.05, 3.63) is 71.2 Å². The minimum absolute atomic E-state index is 0.240. The molecule has 0 fully saturated rings. The molecule has 3 N–H and O–H groups in total. The Morgan fingerprint density at radius 3 is 2.79 bits per heavy atom. The predicted octanol–water partition coefficient (Wildman–Crippen LogP) is 5.82. The minimum atomic E-state index is -0.432. The van der Waals surface area contributed by atoms with Crippen LogP contribution in [-0.4, -0.2) is 13.0 Å². The number of carbonyl (C=O) groups is 1. The molecule has 1 unspecified atom stereocenters. The smallest absolute Gasteiger partial charge is 0.251 e. The van der Waals surface area contributed by atoms with E-state index in [9.17, 15) is 4.79 Å². The van der Waals surface area contributed by atoms with Crippen LogP contribution in [0.5, 0.6) is 0 Å². The number of carbonyl (C=O) groups excluding carboxylic acids is 1. The number of hydrogen-bond acceptors (Lipinski definition) is 3. The second-order valence-electron chi connectivity index (χ2n) is 7.18. The van der Waals surface area contributed by atoms with Crippen LogP contribution < -0.4 is 11.1 Å². The number of hydrogen-bond donors (Lipinski definition) is 2. The third-order valence-corrected chi connectivity index (χ3v) is 5.28. The summed E-state index contributed by atoms with van der Waals surface area (Å²) < 4.78 is 5.50. The van der Waals surface area contributed by atoms with Crippen LogP contribution in [0.15, 0.2) is 48.9 Å². The van der Waals surface area contributed by atoms with Crippen LogP contribution in [0, 0.1) is 6.92 Å². The van der Waals surface area contributed by atoms with Gasteiger partial charge in [-0.3, -0.25) is 4.79 Å². The molecule has 0 saturated carbocycles. The maximum absolute atomic E-state index is 12.2. The Morgan fingerprint density at radius 1 is 1.43 bits per heavy atom. The highest BCUT2D eigenvalue weighted by molar-refractivity contribution is 6.02. The van der Waals surface area contributed by atoms with Gasteiger partial charge in [-0.05, 0) is 66.6 Å². The molecule has 1 amide bonds. The summed E-state index contributed by atoms with van der Waals surface area (Å²) >= 11 is 0. The summed E-state index contributed by atoms with van der Waals surface area (Å²) in [6.45, 7) is 10.0. The highest BCUT2D eigenvalue weighted by atomic mass is 16.5. The van der Waals surface area contributed by atoms with Gasteiger partial charge in [-0.15, -0.1) is 0 Å². The van der Waals surface area contributed by atoms with Gasteiger partial charge in [0.15, 0.2) is 0 Å².